The summed E-state index contributed by atoms with van der Waals surface area (Å²) in [5.74, 6) is 0.150. The largest absolute Gasteiger partial charge is 0.380 e. The monoisotopic (exact) mass is 551 g/mol. The van der Waals surface area contributed by atoms with Gasteiger partial charge in [-0.25, -0.2) is 13.4 Å². The van der Waals surface area contributed by atoms with Crippen LogP contribution in [0.3, 0.4) is 0 Å². The van der Waals surface area contributed by atoms with Crippen LogP contribution >= 0.6 is 23.2 Å². The predicted octanol–water partition coefficient (Wildman–Crippen LogP) is 2.99. The van der Waals surface area contributed by atoms with Crippen LogP contribution in [0.2, 0.25) is 10.0 Å². The maximum Gasteiger partial charge on any atom is 0.232 e. The van der Waals surface area contributed by atoms with E-state index in [0.29, 0.717) is 73.0 Å². The van der Waals surface area contributed by atoms with Gasteiger partial charge in [-0.2, -0.15) is 0 Å². The summed E-state index contributed by atoms with van der Waals surface area (Å²) in [6, 6.07) is 8.83. The van der Waals surface area contributed by atoms with Crippen molar-refractivity contribution < 1.29 is 17.9 Å². The van der Waals surface area contributed by atoms with Crippen molar-refractivity contribution in [3.8, 4) is 11.3 Å². The molecule has 0 bridgehead atoms. The number of ether oxygens (including phenoxy) is 1. The van der Waals surface area contributed by atoms with E-state index in [0.717, 1.165) is 11.3 Å². The number of fused-ring (bicyclic) bond motifs is 1. The van der Waals surface area contributed by atoms with Crippen molar-refractivity contribution in [2.45, 2.75) is 6.54 Å². The van der Waals surface area contributed by atoms with Gasteiger partial charge in [0, 0.05) is 56.6 Å². The Balaban J connectivity index is 1.49. The molecule has 1 aromatic carbocycles. The van der Waals surface area contributed by atoms with Crippen LogP contribution in [0.1, 0.15) is 5.69 Å². The summed E-state index contributed by atoms with van der Waals surface area (Å²) in [6.45, 7) is 4.28. The number of hydrogen-bond acceptors (Lipinski definition) is 6. The first-order valence-electron chi connectivity index (χ1n) is 11.6. The highest BCUT2D eigenvalue weighted by molar-refractivity contribution is 7.92. The average molecular weight is 552 g/mol. The van der Waals surface area contributed by atoms with Crippen LogP contribution in [0.25, 0.3) is 16.9 Å². The first kappa shape index (κ1) is 25.3. The van der Waals surface area contributed by atoms with Gasteiger partial charge < -0.3 is 9.64 Å². The number of benzene rings is 1. The molecule has 9 nitrogen and oxygen atoms in total. The topological polar surface area (TPSA) is 87.5 Å². The summed E-state index contributed by atoms with van der Waals surface area (Å²) in [7, 11) is -1.91. The van der Waals surface area contributed by atoms with E-state index in [1.807, 2.05) is 15.4 Å². The van der Waals surface area contributed by atoms with Crippen LogP contribution in [0, 0.1) is 5.92 Å². The number of amides is 1. The van der Waals surface area contributed by atoms with E-state index in [4.69, 9.17) is 32.9 Å². The van der Waals surface area contributed by atoms with E-state index in [2.05, 4.69) is 4.90 Å². The van der Waals surface area contributed by atoms with Gasteiger partial charge >= 0.3 is 0 Å². The minimum absolute atomic E-state index is 0.0146. The molecule has 0 aliphatic carbocycles. The Morgan fingerprint density at radius 2 is 1.86 bits per heavy atom. The molecule has 3 aromatic rings. The van der Waals surface area contributed by atoms with E-state index in [9.17, 15) is 13.2 Å². The summed E-state index contributed by atoms with van der Waals surface area (Å²) >= 11 is 12.7. The smallest absolute Gasteiger partial charge is 0.232 e. The van der Waals surface area contributed by atoms with Gasteiger partial charge in [0.25, 0.3) is 0 Å². The number of aromatic nitrogens is 2. The van der Waals surface area contributed by atoms with Crippen molar-refractivity contribution in [2.24, 2.45) is 5.92 Å². The van der Waals surface area contributed by atoms with E-state index < -0.39 is 10.0 Å². The molecule has 12 heteroatoms. The number of piperazine rings is 1. The third-order valence-electron chi connectivity index (χ3n) is 6.79. The maximum absolute atomic E-state index is 12.6. The molecule has 0 spiro atoms. The molecule has 2 saturated heterocycles. The van der Waals surface area contributed by atoms with Crippen molar-refractivity contribution in [1.82, 2.24) is 19.2 Å². The fourth-order valence-corrected chi connectivity index (χ4v) is 5.47. The van der Waals surface area contributed by atoms with Crippen molar-refractivity contribution in [1.29, 1.82) is 0 Å². The van der Waals surface area contributed by atoms with Crippen molar-refractivity contribution in [3.63, 3.8) is 0 Å². The highest BCUT2D eigenvalue weighted by atomic mass is 35.5. The second-order valence-corrected chi connectivity index (χ2v) is 12.1. The molecular weight excluding hydrogens is 525 g/mol. The Kier molecular flexibility index (Phi) is 6.90. The number of imidazole rings is 1. The Bertz CT molecular complexity index is 1420. The number of nitrogens with zero attached hydrogens (tertiary/aromatic N) is 5. The summed E-state index contributed by atoms with van der Waals surface area (Å²) < 4.78 is 32.6. The molecule has 2 aromatic heterocycles. The molecule has 5 rings (SSSR count). The first-order chi connectivity index (χ1) is 17.1. The quantitative estimate of drug-likeness (QED) is 0.468. The molecule has 4 heterocycles. The summed E-state index contributed by atoms with van der Waals surface area (Å²) in [5, 5.41) is 1.02. The lowest BCUT2D eigenvalue weighted by molar-refractivity contribution is -0.151. The summed E-state index contributed by atoms with van der Waals surface area (Å²) in [4.78, 5) is 21.6. The van der Waals surface area contributed by atoms with Gasteiger partial charge in [-0.15, -0.1) is 0 Å². The zero-order valence-electron chi connectivity index (χ0n) is 20.0. The second-order valence-electron chi connectivity index (χ2n) is 9.21. The molecular formula is C24H27Cl2N5O4S. The van der Waals surface area contributed by atoms with E-state index in [-0.39, 0.29) is 11.8 Å². The number of rotatable bonds is 6. The summed E-state index contributed by atoms with van der Waals surface area (Å²) in [5.41, 5.74) is 3.54. The highest BCUT2D eigenvalue weighted by Gasteiger charge is 2.32. The fourth-order valence-electron chi connectivity index (χ4n) is 4.48. The minimum atomic E-state index is -3.43. The van der Waals surface area contributed by atoms with Crippen LogP contribution in [0.15, 0.2) is 36.5 Å². The molecule has 0 saturated carbocycles. The van der Waals surface area contributed by atoms with Gasteiger partial charge in [0.15, 0.2) is 0 Å². The maximum atomic E-state index is 12.6. The zero-order chi connectivity index (χ0) is 25.6. The summed E-state index contributed by atoms with van der Waals surface area (Å²) in [6.07, 6.45) is 2.95. The van der Waals surface area contributed by atoms with Gasteiger partial charge in [0.1, 0.15) is 5.65 Å². The number of sulfonamides is 1. The van der Waals surface area contributed by atoms with E-state index in [1.165, 1.54) is 17.6 Å². The second kappa shape index (κ2) is 9.83. The van der Waals surface area contributed by atoms with Crippen LogP contribution in [-0.4, -0.2) is 86.2 Å². The molecule has 36 heavy (non-hydrogen) atoms. The highest BCUT2D eigenvalue weighted by Crippen LogP contribution is 2.34. The third-order valence-corrected chi connectivity index (χ3v) is 8.55. The lowest BCUT2D eigenvalue weighted by Gasteiger charge is -2.38. The molecule has 0 unspecified atom stereocenters. The van der Waals surface area contributed by atoms with Gasteiger partial charge in [0.2, 0.25) is 15.9 Å². The first-order valence-corrected chi connectivity index (χ1v) is 14.2. The molecule has 2 aliphatic heterocycles. The Hall–Kier alpha value is -2.37. The molecule has 0 atom stereocenters. The van der Waals surface area contributed by atoms with E-state index in [1.54, 1.807) is 30.5 Å². The normalized spacial score (nSPS) is 17.4. The molecule has 0 N–H and O–H groups in total. The van der Waals surface area contributed by atoms with Crippen LogP contribution in [-0.2, 0) is 26.1 Å². The zero-order valence-corrected chi connectivity index (χ0v) is 22.4. The minimum Gasteiger partial charge on any atom is -0.380 e. The van der Waals surface area contributed by atoms with Gasteiger partial charge in [-0.1, -0.05) is 23.2 Å². The van der Waals surface area contributed by atoms with Crippen molar-refractivity contribution in [3.05, 3.63) is 52.3 Å². The van der Waals surface area contributed by atoms with Crippen LogP contribution in [0.5, 0.6) is 0 Å². The number of carbonyl (C=O) groups excluding carboxylic acids is 1. The average Bonchev–Trinajstić information content (AvgIpc) is 3.14. The van der Waals surface area contributed by atoms with Crippen LogP contribution in [0.4, 0.5) is 5.69 Å². The van der Waals surface area contributed by atoms with Gasteiger partial charge in [0.05, 0.1) is 47.5 Å². The third kappa shape index (κ3) is 4.92. The molecule has 2 fully saturated rings. The Labute approximate surface area is 220 Å². The van der Waals surface area contributed by atoms with E-state index >= 15 is 0 Å². The SMILES string of the molecule is CN(c1ccc2nc(-c3ccc(Cl)cc3Cl)c(CN3CCN(C(=O)C4COC4)CC3)n2c1)S(C)(=O)=O. The number of pyridine rings is 1. The molecule has 0 radical (unpaired) electrons. The lowest BCUT2D eigenvalue weighted by Crippen LogP contribution is -2.53. The van der Waals surface area contributed by atoms with Gasteiger partial charge in [-0.3, -0.25) is 18.4 Å². The lowest BCUT2D eigenvalue weighted by atomic mass is 10.1. The van der Waals surface area contributed by atoms with Crippen LogP contribution < -0.4 is 4.31 Å². The predicted molar refractivity (Wildman–Crippen MR) is 140 cm³/mol. The Morgan fingerprint density at radius 1 is 1.14 bits per heavy atom. The van der Waals surface area contributed by atoms with Crippen molar-refractivity contribution in [2.75, 3.05) is 57.0 Å². The molecule has 2 aliphatic rings. The standard InChI is InChI=1S/C24H27Cl2N5O4S/c1-28(36(2,33)34)18-4-6-22-27-23(19-5-3-17(25)11-20(19)26)21(31(22)12-18)13-29-7-9-30(10-8-29)24(32)16-14-35-15-16/h3-6,11-12,16H,7-10,13-15H2,1-2H3. The number of hydrogen-bond donors (Lipinski definition) is 0. The van der Waals surface area contributed by atoms with Crippen molar-refractivity contribution >= 4 is 50.5 Å². The molecule has 1 amide bonds. The number of carbonyl (C=O) groups is 1. The number of anilines is 1. The fraction of sp³-hybridized carbons (Fsp3) is 0.417. The Morgan fingerprint density at radius 3 is 2.47 bits per heavy atom. The number of halogens is 2. The van der Waals surface area contributed by atoms with Gasteiger partial charge in [-0.05, 0) is 30.3 Å². The molecule has 192 valence electrons.